The smallest absolute Gasteiger partial charge is 0.481 e. The van der Waals surface area contributed by atoms with E-state index in [4.69, 9.17) is 24.1 Å². The zero-order valence-electron chi connectivity index (χ0n) is 17.4. The van der Waals surface area contributed by atoms with E-state index in [9.17, 15) is 13.2 Å². The van der Waals surface area contributed by atoms with Crippen LogP contribution in [0.15, 0.2) is 42.7 Å². The Labute approximate surface area is 182 Å². The third kappa shape index (κ3) is 6.07. The monoisotopic (exact) mass is 455 g/mol. The number of pyridine rings is 2. The van der Waals surface area contributed by atoms with Gasteiger partial charge in [-0.3, -0.25) is 4.90 Å². The average molecular weight is 455 g/mol. The molecule has 2 aliphatic rings. The summed E-state index contributed by atoms with van der Waals surface area (Å²) in [5.74, 6) is -1.42. The third-order valence-electron chi connectivity index (χ3n) is 5.15. The van der Waals surface area contributed by atoms with E-state index in [0.29, 0.717) is 17.8 Å². The zero-order valence-corrected chi connectivity index (χ0v) is 17.4. The number of alkyl halides is 3. The van der Waals surface area contributed by atoms with Crippen LogP contribution >= 0.6 is 0 Å². The van der Waals surface area contributed by atoms with Crippen molar-refractivity contribution in [2.24, 2.45) is 0 Å². The van der Waals surface area contributed by atoms with Gasteiger partial charge in [0.25, 0.3) is 0 Å². The van der Waals surface area contributed by atoms with Crippen LogP contribution < -0.4 is 9.47 Å². The molecular formula is C21H24F3N3O5. The number of halogens is 3. The molecule has 0 radical (unpaired) electrons. The van der Waals surface area contributed by atoms with Gasteiger partial charge in [-0.1, -0.05) is 12.1 Å². The molecule has 0 saturated carbocycles. The SMILES string of the molecule is COc1ncccc1CN1C[C@H](Oc2ccccn2)[C@H]2OCCC[C@H]21.O=C(O)C(F)(F)F. The number of hydrogen-bond donors (Lipinski definition) is 1. The van der Waals surface area contributed by atoms with Gasteiger partial charge in [0, 0.05) is 49.8 Å². The van der Waals surface area contributed by atoms with E-state index in [1.54, 1.807) is 19.5 Å². The van der Waals surface area contributed by atoms with Gasteiger partial charge < -0.3 is 19.3 Å². The van der Waals surface area contributed by atoms with Crippen LogP contribution in [0.4, 0.5) is 13.2 Å². The predicted molar refractivity (Wildman–Crippen MR) is 106 cm³/mol. The first-order valence-electron chi connectivity index (χ1n) is 10.0. The topological polar surface area (TPSA) is 94.0 Å². The second-order valence-electron chi connectivity index (χ2n) is 7.27. The minimum absolute atomic E-state index is 0.0112. The van der Waals surface area contributed by atoms with Gasteiger partial charge in [0.05, 0.1) is 7.11 Å². The lowest BCUT2D eigenvalue weighted by Crippen LogP contribution is -2.42. The molecule has 3 atom stereocenters. The fourth-order valence-electron chi connectivity index (χ4n) is 3.81. The van der Waals surface area contributed by atoms with E-state index in [1.165, 1.54) is 0 Å². The average Bonchev–Trinajstić information content (AvgIpc) is 3.12. The molecule has 11 heteroatoms. The van der Waals surface area contributed by atoms with Gasteiger partial charge in [-0.2, -0.15) is 13.2 Å². The number of fused-ring (bicyclic) bond motifs is 1. The molecule has 8 nitrogen and oxygen atoms in total. The van der Waals surface area contributed by atoms with Crippen molar-refractivity contribution >= 4 is 5.97 Å². The van der Waals surface area contributed by atoms with Crippen LogP contribution in [-0.2, 0) is 16.1 Å². The molecule has 2 saturated heterocycles. The van der Waals surface area contributed by atoms with Gasteiger partial charge in [-0.25, -0.2) is 14.8 Å². The molecule has 4 rings (SSSR count). The summed E-state index contributed by atoms with van der Waals surface area (Å²) in [5, 5.41) is 7.12. The molecule has 4 heterocycles. The van der Waals surface area contributed by atoms with Crippen molar-refractivity contribution in [2.75, 3.05) is 20.3 Å². The van der Waals surface area contributed by atoms with Crippen LogP contribution in [-0.4, -0.2) is 70.6 Å². The van der Waals surface area contributed by atoms with Gasteiger partial charge in [-0.05, 0) is 25.0 Å². The lowest BCUT2D eigenvalue weighted by Gasteiger charge is -2.32. The number of aromatic nitrogens is 2. The van der Waals surface area contributed by atoms with Crippen LogP contribution in [0.25, 0.3) is 0 Å². The maximum Gasteiger partial charge on any atom is 0.490 e. The molecule has 0 bridgehead atoms. The standard InChI is InChI=1S/C19H23N3O3.C2HF3O2/c1-23-19-14(6-4-10-21-19)12-22-13-16(18-15(22)7-5-11-24-18)25-17-8-2-3-9-20-17;3-2(4,5)1(6)7/h2-4,6,8-10,15-16,18H,5,7,11-13H2,1H3;(H,6,7)/t15-,16+,18+;/m1./s1. The summed E-state index contributed by atoms with van der Waals surface area (Å²) >= 11 is 0. The Morgan fingerprint density at radius 1 is 1.25 bits per heavy atom. The Morgan fingerprint density at radius 2 is 2.00 bits per heavy atom. The Kier molecular flexibility index (Phi) is 7.86. The van der Waals surface area contributed by atoms with Gasteiger partial charge in [-0.15, -0.1) is 0 Å². The molecule has 174 valence electrons. The second kappa shape index (κ2) is 10.6. The van der Waals surface area contributed by atoms with E-state index in [1.807, 2.05) is 24.3 Å². The molecule has 2 aromatic heterocycles. The van der Waals surface area contributed by atoms with Crippen molar-refractivity contribution < 1.29 is 37.3 Å². The Morgan fingerprint density at radius 3 is 2.66 bits per heavy atom. The number of rotatable bonds is 5. The van der Waals surface area contributed by atoms with Crippen molar-refractivity contribution in [1.29, 1.82) is 0 Å². The van der Waals surface area contributed by atoms with Gasteiger partial charge in [0.15, 0.2) is 0 Å². The predicted octanol–water partition coefficient (Wildman–Crippen LogP) is 2.93. The maximum absolute atomic E-state index is 10.6. The molecular weight excluding hydrogens is 431 g/mol. The van der Waals surface area contributed by atoms with Crippen LogP contribution in [0, 0.1) is 0 Å². The summed E-state index contributed by atoms with van der Waals surface area (Å²) in [6.07, 6.45) is 0.697. The van der Waals surface area contributed by atoms with E-state index >= 15 is 0 Å². The molecule has 32 heavy (non-hydrogen) atoms. The summed E-state index contributed by atoms with van der Waals surface area (Å²) in [7, 11) is 1.66. The van der Waals surface area contributed by atoms with E-state index < -0.39 is 12.1 Å². The van der Waals surface area contributed by atoms with Gasteiger partial charge in [0.1, 0.15) is 12.2 Å². The highest BCUT2D eigenvalue weighted by molar-refractivity contribution is 5.73. The number of ether oxygens (including phenoxy) is 3. The summed E-state index contributed by atoms with van der Waals surface area (Å²) in [4.78, 5) is 19.9. The molecule has 0 unspecified atom stereocenters. The molecule has 2 aliphatic heterocycles. The van der Waals surface area contributed by atoms with Crippen molar-refractivity contribution in [3.05, 3.63) is 48.3 Å². The molecule has 2 fully saturated rings. The molecule has 0 aliphatic carbocycles. The minimum Gasteiger partial charge on any atom is -0.481 e. The molecule has 0 amide bonds. The number of carbonyl (C=O) groups is 1. The van der Waals surface area contributed by atoms with Gasteiger partial charge in [0.2, 0.25) is 11.8 Å². The first kappa shape index (κ1) is 23.7. The Hall–Kier alpha value is -2.92. The highest BCUT2D eigenvalue weighted by atomic mass is 19.4. The van der Waals surface area contributed by atoms with Crippen LogP contribution in [0.5, 0.6) is 11.8 Å². The van der Waals surface area contributed by atoms with Gasteiger partial charge >= 0.3 is 12.1 Å². The van der Waals surface area contributed by atoms with Crippen LogP contribution in [0.1, 0.15) is 18.4 Å². The van der Waals surface area contributed by atoms with Crippen LogP contribution in [0.2, 0.25) is 0 Å². The fourth-order valence-corrected chi connectivity index (χ4v) is 3.81. The summed E-state index contributed by atoms with van der Waals surface area (Å²) < 4.78 is 49.4. The lowest BCUT2D eigenvalue weighted by molar-refractivity contribution is -0.192. The minimum atomic E-state index is -5.08. The molecule has 2 aromatic rings. The summed E-state index contributed by atoms with van der Waals surface area (Å²) in [6, 6.07) is 10.1. The lowest BCUT2D eigenvalue weighted by atomic mass is 10.0. The summed E-state index contributed by atoms with van der Waals surface area (Å²) in [6.45, 7) is 2.39. The molecule has 0 spiro atoms. The number of carboxylic acids is 1. The largest absolute Gasteiger partial charge is 0.490 e. The Balaban J connectivity index is 0.000000360. The number of carboxylic acid groups (broad SMARTS) is 1. The quantitative estimate of drug-likeness (QED) is 0.736. The first-order chi connectivity index (χ1) is 15.3. The highest BCUT2D eigenvalue weighted by Crippen LogP contribution is 2.33. The number of aliphatic carboxylic acids is 1. The van der Waals surface area contributed by atoms with E-state index in [-0.39, 0.29) is 12.2 Å². The zero-order chi connectivity index (χ0) is 23.1. The second-order valence-corrected chi connectivity index (χ2v) is 7.27. The number of likely N-dealkylation sites (tertiary alicyclic amines) is 1. The number of methoxy groups -OCH3 is 1. The third-order valence-corrected chi connectivity index (χ3v) is 5.15. The first-order valence-corrected chi connectivity index (χ1v) is 10.0. The normalized spacial score (nSPS) is 22.9. The number of nitrogens with zero attached hydrogens (tertiary/aromatic N) is 3. The molecule has 0 aromatic carbocycles. The van der Waals surface area contributed by atoms with Crippen molar-refractivity contribution in [2.45, 2.75) is 43.8 Å². The summed E-state index contributed by atoms with van der Waals surface area (Å²) in [5.41, 5.74) is 1.09. The Bertz CT molecular complexity index is 884. The van der Waals surface area contributed by atoms with E-state index in [0.717, 1.165) is 38.1 Å². The highest BCUT2D eigenvalue weighted by Gasteiger charge is 2.45. The number of hydrogen-bond acceptors (Lipinski definition) is 7. The van der Waals surface area contributed by atoms with Crippen molar-refractivity contribution in [3.8, 4) is 11.8 Å². The van der Waals surface area contributed by atoms with Crippen molar-refractivity contribution in [1.82, 2.24) is 14.9 Å². The maximum atomic E-state index is 10.6. The van der Waals surface area contributed by atoms with Crippen molar-refractivity contribution in [3.63, 3.8) is 0 Å². The van der Waals surface area contributed by atoms with E-state index in [2.05, 4.69) is 20.9 Å². The van der Waals surface area contributed by atoms with Crippen LogP contribution in [0.3, 0.4) is 0 Å². The molecule has 1 N–H and O–H groups in total. The fraction of sp³-hybridized carbons (Fsp3) is 0.476.